The second-order valence-corrected chi connectivity index (χ2v) is 4.65. The third-order valence-electron chi connectivity index (χ3n) is 3.36. The minimum atomic E-state index is 0.277. The predicted octanol–water partition coefficient (Wildman–Crippen LogP) is 3.06. The largest absolute Gasteiger partial charge is 0.504 e. The monoisotopic (exact) mass is 251 g/mol. The summed E-state index contributed by atoms with van der Waals surface area (Å²) in [5, 5.41) is 10.1. The molecule has 1 N–H and O–H groups in total. The van der Waals surface area contributed by atoms with Gasteiger partial charge in [0.05, 0.1) is 7.11 Å². The molecule has 0 saturated heterocycles. The molecule has 0 bridgehead atoms. The molecule has 0 saturated carbocycles. The summed E-state index contributed by atoms with van der Waals surface area (Å²) in [6.45, 7) is 8.72. The van der Waals surface area contributed by atoms with Crippen LogP contribution in [0.4, 0.5) is 0 Å². The molecule has 3 heteroatoms. The van der Waals surface area contributed by atoms with Gasteiger partial charge in [0, 0.05) is 6.04 Å². The van der Waals surface area contributed by atoms with Gasteiger partial charge in [-0.25, -0.2) is 0 Å². The van der Waals surface area contributed by atoms with E-state index in [0.29, 0.717) is 11.8 Å². The number of hydrogen-bond donors (Lipinski definition) is 1. The Bertz CT molecular complexity index is 366. The van der Waals surface area contributed by atoms with Crippen molar-refractivity contribution in [1.82, 2.24) is 4.90 Å². The lowest BCUT2D eigenvalue weighted by molar-refractivity contribution is 0.217. The minimum absolute atomic E-state index is 0.277. The first kappa shape index (κ1) is 14.8. The van der Waals surface area contributed by atoms with Gasteiger partial charge in [0.2, 0.25) is 0 Å². The fourth-order valence-corrected chi connectivity index (χ4v) is 2.32. The molecule has 0 amide bonds. The van der Waals surface area contributed by atoms with Crippen molar-refractivity contribution in [3.8, 4) is 11.5 Å². The van der Waals surface area contributed by atoms with Gasteiger partial charge in [0.15, 0.2) is 11.5 Å². The van der Waals surface area contributed by atoms with Gasteiger partial charge in [0.25, 0.3) is 0 Å². The first-order valence-electron chi connectivity index (χ1n) is 6.72. The van der Waals surface area contributed by atoms with Crippen molar-refractivity contribution in [3.05, 3.63) is 23.8 Å². The fraction of sp³-hybridized carbons (Fsp3) is 0.600. The van der Waals surface area contributed by atoms with Crippen LogP contribution in [0.3, 0.4) is 0 Å². The molecule has 0 fully saturated rings. The zero-order valence-electron chi connectivity index (χ0n) is 11.9. The molecule has 1 unspecified atom stereocenters. The molecule has 0 aliphatic heterocycles. The first-order chi connectivity index (χ1) is 8.63. The maximum atomic E-state index is 10.1. The maximum Gasteiger partial charge on any atom is 0.160 e. The lowest BCUT2D eigenvalue weighted by Crippen LogP contribution is -2.35. The smallest absolute Gasteiger partial charge is 0.160 e. The van der Waals surface area contributed by atoms with Crippen LogP contribution in [0, 0.1) is 0 Å². The molecule has 0 heterocycles. The Hall–Kier alpha value is -1.22. The number of aromatic hydroxyl groups is 1. The molecular weight excluding hydrogens is 226 g/mol. The van der Waals surface area contributed by atoms with Crippen molar-refractivity contribution in [1.29, 1.82) is 0 Å². The van der Waals surface area contributed by atoms with Crippen LogP contribution in [0.2, 0.25) is 0 Å². The van der Waals surface area contributed by atoms with Gasteiger partial charge in [-0.2, -0.15) is 0 Å². The third kappa shape index (κ3) is 3.64. The molecule has 3 nitrogen and oxygen atoms in total. The maximum absolute atomic E-state index is 10.1. The molecule has 1 aromatic carbocycles. The van der Waals surface area contributed by atoms with Crippen molar-refractivity contribution in [2.24, 2.45) is 0 Å². The van der Waals surface area contributed by atoms with Gasteiger partial charge in [-0.15, -0.1) is 0 Å². The fourth-order valence-electron chi connectivity index (χ4n) is 2.32. The number of benzene rings is 1. The standard InChI is InChI=1S/C15H25NO2/c1-5-10-16(6-2)12(3)11-13-8-7-9-14(18-4)15(13)17/h7-9,12,17H,5-6,10-11H2,1-4H3. The molecule has 1 aromatic rings. The van der Waals surface area contributed by atoms with Gasteiger partial charge < -0.3 is 14.7 Å². The second kappa shape index (κ2) is 7.27. The van der Waals surface area contributed by atoms with Gasteiger partial charge in [-0.05, 0) is 44.5 Å². The van der Waals surface area contributed by atoms with E-state index in [1.807, 2.05) is 12.1 Å². The van der Waals surface area contributed by atoms with E-state index in [-0.39, 0.29) is 5.75 Å². The summed E-state index contributed by atoms with van der Waals surface area (Å²) >= 11 is 0. The lowest BCUT2D eigenvalue weighted by Gasteiger charge is -2.27. The molecule has 1 rings (SSSR count). The molecule has 18 heavy (non-hydrogen) atoms. The highest BCUT2D eigenvalue weighted by atomic mass is 16.5. The summed E-state index contributed by atoms with van der Waals surface area (Å²) in [4.78, 5) is 2.43. The number of nitrogens with zero attached hydrogens (tertiary/aromatic N) is 1. The third-order valence-corrected chi connectivity index (χ3v) is 3.36. The Morgan fingerprint density at radius 3 is 2.61 bits per heavy atom. The highest BCUT2D eigenvalue weighted by Crippen LogP contribution is 2.30. The molecule has 0 radical (unpaired) electrons. The van der Waals surface area contributed by atoms with E-state index < -0.39 is 0 Å². The number of likely N-dealkylation sites (N-methyl/N-ethyl adjacent to an activating group) is 1. The number of phenolic OH excluding ortho intramolecular Hbond substituents is 1. The summed E-state index contributed by atoms with van der Waals surface area (Å²) in [5.74, 6) is 0.831. The van der Waals surface area contributed by atoms with Gasteiger partial charge in [-0.3, -0.25) is 0 Å². The SMILES string of the molecule is CCCN(CC)C(C)Cc1cccc(OC)c1O. The molecule has 0 spiro atoms. The lowest BCUT2D eigenvalue weighted by atomic mass is 10.0. The van der Waals surface area contributed by atoms with Gasteiger partial charge in [-0.1, -0.05) is 26.0 Å². The summed E-state index contributed by atoms with van der Waals surface area (Å²) in [6.07, 6.45) is 2.00. The van der Waals surface area contributed by atoms with E-state index in [1.165, 1.54) is 0 Å². The summed E-state index contributed by atoms with van der Waals surface area (Å²) < 4.78 is 5.14. The van der Waals surface area contributed by atoms with E-state index >= 15 is 0 Å². The Kier molecular flexibility index (Phi) is 5.99. The van der Waals surface area contributed by atoms with Crippen molar-refractivity contribution < 1.29 is 9.84 Å². The topological polar surface area (TPSA) is 32.7 Å². The van der Waals surface area contributed by atoms with Crippen molar-refractivity contribution in [2.45, 2.75) is 39.7 Å². The van der Waals surface area contributed by atoms with Crippen molar-refractivity contribution in [2.75, 3.05) is 20.2 Å². The van der Waals surface area contributed by atoms with Crippen LogP contribution in [0.15, 0.2) is 18.2 Å². The number of methoxy groups -OCH3 is 1. The average molecular weight is 251 g/mol. The van der Waals surface area contributed by atoms with Gasteiger partial charge in [0.1, 0.15) is 0 Å². The molecule has 0 aliphatic rings. The molecule has 0 aromatic heterocycles. The summed E-state index contributed by atoms with van der Waals surface area (Å²) in [7, 11) is 1.58. The first-order valence-corrected chi connectivity index (χ1v) is 6.72. The van der Waals surface area contributed by atoms with Crippen molar-refractivity contribution >= 4 is 0 Å². The van der Waals surface area contributed by atoms with Crippen LogP contribution in [-0.2, 0) is 6.42 Å². The Labute approximate surface area is 110 Å². The normalized spacial score (nSPS) is 12.7. The Morgan fingerprint density at radius 1 is 1.33 bits per heavy atom. The highest BCUT2D eigenvalue weighted by Gasteiger charge is 2.15. The Morgan fingerprint density at radius 2 is 2.06 bits per heavy atom. The number of hydrogen-bond acceptors (Lipinski definition) is 3. The highest BCUT2D eigenvalue weighted by molar-refractivity contribution is 5.45. The zero-order chi connectivity index (χ0) is 13.5. The van der Waals surface area contributed by atoms with Crippen LogP contribution < -0.4 is 4.74 Å². The van der Waals surface area contributed by atoms with E-state index in [4.69, 9.17) is 4.74 Å². The number of para-hydroxylation sites is 1. The van der Waals surface area contributed by atoms with E-state index in [9.17, 15) is 5.11 Å². The van der Waals surface area contributed by atoms with E-state index in [0.717, 1.165) is 31.5 Å². The number of ether oxygens (including phenoxy) is 1. The van der Waals surface area contributed by atoms with Crippen LogP contribution in [-0.4, -0.2) is 36.2 Å². The Balaban J connectivity index is 2.77. The number of rotatable bonds is 7. The minimum Gasteiger partial charge on any atom is -0.504 e. The second-order valence-electron chi connectivity index (χ2n) is 4.65. The molecule has 102 valence electrons. The average Bonchev–Trinajstić information content (AvgIpc) is 2.38. The van der Waals surface area contributed by atoms with E-state index in [2.05, 4.69) is 25.7 Å². The summed E-state index contributed by atoms with van der Waals surface area (Å²) in [5.41, 5.74) is 0.955. The molecule has 1 atom stereocenters. The summed E-state index contributed by atoms with van der Waals surface area (Å²) in [6, 6.07) is 6.10. The van der Waals surface area contributed by atoms with Crippen LogP contribution >= 0.6 is 0 Å². The predicted molar refractivity (Wildman–Crippen MR) is 75.4 cm³/mol. The van der Waals surface area contributed by atoms with Gasteiger partial charge >= 0.3 is 0 Å². The van der Waals surface area contributed by atoms with Crippen LogP contribution in [0.1, 0.15) is 32.8 Å². The zero-order valence-corrected chi connectivity index (χ0v) is 11.9. The van der Waals surface area contributed by atoms with Crippen LogP contribution in [0.5, 0.6) is 11.5 Å². The quantitative estimate of drug-likeness (QED) is 0.808. The number of phenols is 1. The van der Waals surface area contributed by atoms with Crippen LogP contribution in [0.25, 0.3) is 0 Å². The van der Waals surface area contributed by atoms with Crippen molar-refractivity contribution in [3.63, 3.8) is 0 Å². The molecular formula is C15H25NO2. The molecule has 0 aliphatic carbocycles. The van der Waals surface area contributed by atoms with E-state index in [1.54, 1.807) is 13.2 Å².